The van der Waals surface area contributed by atoms with E-state index in [2.05, 4.69) is 58.6 Å². The lowest BCUT2D eigenvalue weighted by Crippen LogP contribution is -2.45. The van der Waals surface area contributed by atoms with Crippen LogP contribution in [0.2, 0.25) is 0 Å². The number of nitrogens with zero attached hydrogens (tertiary/aromatic N) is 2. The lowest BCUT2D eigenvalue weighted by molar-refractivity contribution is -0.0705. The molecule has 2 aromatic carbocycles. The Hall–Kier alpha value is -2.41. The first-order valence-corrected chi connectivity index (χ1v) is 11.1. The van der Waals surface area contributed by atoms with E-state index in [1.165, 1.54) is 11.1 Å². The van der Waals surface area contributed by atoms with Crippen LogP contribution in [0.5, 0.6) is 0 Å². The van der Waals surface area contributed by atoms with Gasteiger partial charge >= 0.3 is 0 Å². The van der Waals surface area contributed by atoms with Crippen molar-refractivity contribution in [2.45, 2.75) is 45.1 Å². The van der Waals surface area contributed by atoms with E-state index in [1.54, 1.807) is 7.05 Å². The third-order valence-corrected chi connectivity index (χ3v) is 5.68. The van der Waals surface area contributed by atoms with Crippen LogP contribution < -0.4 is 10.6 Å². The van der Waals surface area contributed by atoms with Crippen molar-refractivity contribution < 1.29 is 9.84 Å². The van der Waals surface area contributed by atoms with E-state index in [1.807, 2.05) is 30.3 Å². The number of hydrogen-bond acceptors (Lipinski definition) is 4. The van der Waals surface area contributed by atoms with E-state index in [9.17, 15) is 5.11 Å². The number of rotatable bonds is 8. The Morgan fingerprint density at radius 1 is 1.03 bits per heavy atom. The molecule has 1 heterocycles. The van der Waals surface area contributed by atoms with Crippen molar-refractivity contribution >= 4 is 5.96 Å². The molecule has 3 unspecified atom stereocenters. The van der Waals surface area contributed by atoms with Gasteiger partial charge in [0, 0.05) is 45.7 Å². The predicted molar refractivity (Wildman–Crippen MR) is 126 cm³/mol. The maximum absolute atomic E-state index is 9.79. The Bertz CT molecular complexity index is 817. The summed E-state index contributed by atoms with van der Waals surface area (Å²) < 4.78 is 5.87. The fourth-order valence-corrected chi connectivity index (χ4v) is 4.17. The summed E-state index contributed by atoms with van der Waals surface area (Å²) in [6.45, 7) is 8.51. The average Bonchev–Trinajstić information content (AvgIpc) is 2.77. The summed E-state index contributed by atoms with van der Waals surface area (Å²) in [6, 6.07) is 18.6. The predicted octanol–water partition coefficient (Wildman–Crippen LogP) is 2.74. The van der Waals surface area contributed by atoms with E-state index in [0.29, 0.717) is 13.1 Å². The summed E-state index contributed by atoms with van der Waals surface area (Å²) in [6.07, 6.45) is 0.530. The molecule has 0 spiro atoms. The van der Waals surface area contributed by atoms with E-state index in [4.69, 9.17) is 4.74 Å². The minimum absolute atomic E-state index is 0.0253. The highest BCUT2D eigenvalue weighted by atomic mass is 16.5. The standard InChI is InChI=1S/C25H36N4O2/c1-19-15-29(16-20(2)31-19)17-23-12-8-7-11-22(23)13-27-25(26-3)28-14-24(18-30)21-9-5-4-6-10-21/h4-12,19-20,24,30H,13-18H2,1-3H3,(H2,26,27,28). The second-order valence-corrected chi connectivity index (χ2v) is 8.32. The number of aliphatic hydroxyl groups excluding tert-OH is 1. The van der Waals surface area contributed by atoms with Crippen molar-refractivity contribution in [1.82, 2.24) is 15.5 Å². The number of hydrogen-bond donors (Lipinski definition) is 3. The lowest BCUT2D eigenvalue weighted by atomic mass is 10.0. The number of aliphatic hydroxyl groups is 1. The molecule has 168 valence electrons. The van der Waals surface area contributed by atoms with Crippen molar-refractivity contribution in [2.75, 3.05) is 33.3 Å². The molecule has 0 saturated carbocycles. The van der Waals surface area contributed by atoms with Crippen LogP contribution in [-0.2, 0) is 17.8 Å². The lowest BCUT2D eigenvalue weighted by Gasteiger charge is -2.35. The van der Waals surface area contributed by atoms with Gasteiger partial charge in [-0.1, -0.05) is 54.6 Å². The highest BCUT2D eigenvalue weighted by molar-refractivity contribution is 5.79. The van der Waals surface area contributed by atoms with E-state index >= 15 is 0 Å². The summed E-state index contributed by atoms with van der Waals surface area (Å²) in [5.41, 5.74) is 3.70. The Kier molecular flexibility index (Phi) is 8.88. The quantitative estimate of drug-likeness (QED) is 0.449. The van der Waals surface area contributed by atoms with E-state index in [0.717, 1.165) is 31.2 Å². The summed E-state index contributed by atoms with van der Waals surface area (Å²) in [5, 5.41) is 16.6. The van der Waals surface area contributed by atoms with Gasteiger partial charge in [0.15, 0.2) is 5.96 Å². The molecule has 0 amide bonds. The Morgan fingerprint density at radius 3 is 2.32 bits per heavy atom. The Balaban J connectivity index is 1.56. The minimum Gasteiger partial charge on any atom is -0.396 e. The summed E-state index contributed by atoms with van der Waals surface area (Å²) in [4.78, 5) is 6.82. The van der Waals surface area contributed by atoms with Gasteiger partial charge < -0.3 is 20.5 Å². The maximum atomic E-state index is 9.79. The third-order valence-electron chi connectivity index (χ3n) is 5.68. The van der Waals surface area contributed by atoms with Crippen molar-refractivity contribution in [1.29, 1.82) is 0 Å². The normalized spacial score (nSPS) is 21.0. The van der Waals surface area contributed by atoms with Crippen molar-refractivity contribution in [2.24, 2.45) is 4.99 Å². The molecule has 6 heteroatoms. The van der Waals surface area contributed by atoms with Gasteiger partial charge in [-0.05, 0) is 30.5 Å². The number of benzene rings is 2. The number of aliphatic imine (C=N–C) groups is 1. The molecule has 1 fully saturated rings. The number of morpholine rings is 1. The molecule has 0 radical (unpaired) electrons. The zero-order chi connectivity index (χ0) is 22.1. The molecule has 2 aromatic rings. The SMILES string of the molecule is CN=C(NCc1ccccc1CN1CC(C)OC(C)C1)NCC(CO)c1ccccc1. The zero-order valence-electron chi connectivity index (χ0n) is 18.9. The molecular weight excluding hydrogens is 388 g/mol. The highest BCUT2D eigenvalue weighted by Gasteiger charge is 2.22. The molecule has 1 aliphatic rings. The van der Waals surface area contributed by atoms with Crippen LogP contribution in [0, 0.1) is 0 Å². The fourth-order valence-electron chi connectivity index (χ4n) is 4.17. The number of ether oxygens (including phenoxy) is 1. The monoisotopic (exact) mass is 424 g/mol. The van der Waals surface area contributed by atoms with Crippen LogP contribution in [0.15, 0.2) is 59.6 Å². The van der Waals surface area contributed by atoms with Gasteiger partial charge in [-0.2, -0.15) is 0 Å². The van der Waals surface area contributed by atoms with Gasteiger partial charge in [0.05, 0.1) is 18.8 Å². The van der Waals surface area contributed by atoms with Crippen LogP contribution >= 0.6 is 0 Å². The molecule has 1 aliphatic heterocycles. The van der Waals surface area contributed by atoms with Crippen LogP contribution in [-0.4, -0.2) is 61.5 Å². The molecule has 6 nitrogen and oxygen atoms in total. The van der Waals surface area contributed by atoms with Crippen molar-refractivity contribution in [3.63, 3.8) is 0 Å². The van der Waals surface area contributed by atoms with Crippen LogP contribution in [0.3, 0.4) is 0 Å². The first-order valence-electron chi connectivity index (χ1n) is 11.1. The summed E-state index contributed by atoms with van der Waals surface area (Å²) >= 11 is 0. The highest BCUT2D eigenvalue weighted by Crippen LogP contribution is 2.17. The first kappa shape index (κ1) is 23.3. The van der Waals surface area contributed by atoms with Crippen molar-refractivity contribution in [3.8, 4) is 0 Å². The molecule has 0 aromatic heterocycles. The first-order chi connectivity index (χ1) is 15.1. The third kappa shape index (κ3) is 7.06. The van der Waals surface area contributed by atoms with Crippen molar-refractivity contribution in [3.05, 3.63) is 71.3 Å². The molecule has 0 aliphatic carbocycles. The number of nitrogens with one attached hydrogen (secondary N) is 2. The van der Waals surface area contributed by atoms with Gasteiger partial charge in [0.2, 0.25) is 0 Å². The molecule has 3 N–H and O–H groups in total. The average molecular weight is 425 g/mol. The van der Waals surface area contributed by atoms with Crippen LogP contribution in [0.25, 0.3) is 0 Å². The molecule has 3 atom stereocenters. The topological polar surface area (TPSA) is 69.1 Å². The molecule has 31 heavy (non-hydrogen) atoms. The van der Waals surface area contributed by atoms with Gasteiger partial charge in [-0.25, -0.2) is 0 Å². The second-order valence-electron chi connectivity index (χ2n) is 8.32. The molecular formula is C25H36N4O2. The van der Waals surface area contributed by atoms with E-state index in [-0.39, 0.29) is 24.7 Å². The molecule has 0 bridgehead atoms. The zero-order valence-corrected chi connectivity index (χ0v) is 18.9. The smallest absolute Gasteiger partial charge is 0.191 e. The van der Waals surface area contributed by atoms with E-state index < -0.39 is 0 Å². The van der Waals surface area contributed by atoms with Gasteiger partial charge in [0.25, 0.3) is 0 Å². The molecule has 3 rings (SSSR count). The number of guanidine groups is 1. The maximum Gasteiger partial charge on any atom is 0.191 e. The van der Waals surface area contributed by atoms with Crippen LogP contribution in [0.1, 0.15) is 36.5 Å². The Morgan fingerprint density at radius 2 is 1.68 bits per heavy atom. The fraction of sp³-hybridized carbons (Fsp3) is 0.480. The van der Waals surface area contributed by atoms with Gasteiger partial charge in [-0.3, -0.25) is 9.89 Å². The summed E-state index contributed by atoms with van der Waals surface area (Å²) in [7, 11) is 1.77. The van der Waals surface area contributed by atoms with Gasteiger partial charge in [0.1, 0.15) is 0 Å². The largest absolute Gasteiger partial charge is 0.396 e. The van der Waals surface area contributed by atoms with Crippen LogP contribution in [0.4, 0.5) is 0 Å². The Labute approximate surface area is 186 Å². The van der Waals surface area contributed by atoms with Gasteiger partial charge in [-0.15, -0.1) is 0 Å². The summed E-state index contributed by atoms with van der Waals surface area (Å²) in [5.74, 6) is 0.759. The second kappa shape index (κ2) is 11.8. The molecule has 1 saturated heterocycles. The minimum atomic E-state index is 0.0253.